The topological polar surface area (TPSA) is 46.2 Å². The van der Waals surface area contributed by atoms with Crippen LogP contribution in [-0.4, -0.2) is 33.0 Å². The third kappa shape index (κ3) is 5.46. The second-order valence-corrected chi connectivity index (χ2v) is 9.14. The molecule has 0 fully saturated rings. The van der Waals surface area contributed by atoms with E-state index < -0.39 is 9.84 Å². The molecule has 0 heterocycles. The lowest BCUT2D eigenvalue weighted by atomic mass is 9.88. The van der Waals surface area contributed by atoms with Crippen LogP contribution < -0.4 is 5.32 Å². The van der Waals surface area contributed by atoms with Gasteiger partial charge < -0.3 is 5.32 Å². The zero-order valence-corrected chi connectivity index (χ0v) is 14.6. The van der Waals surface area contributed by atoms with Crippen molar-refractivity contribution in [3.05, 3.63) is 24.3 Å². The number of rotatable bonds is 6. The van der Waals surface area contributed by atoms with E-state index in [1.54, 1.807) is 23.9 Å². The van der Waals surface area contributed by atoms with E-state index in [-0.39, 0.29) is 5.41 Å². The lowest BCUT2D eigenvalue weighted by Gasteiger charge is -2.31. The van der Waals surface area contributed by atoms with Crippen LogP contribution in [0.25, 0.3) is 0 Å². The van der Waals surface area contributed by atoms with Crippen LogP contribution in [0.4, 0.5) is 0 Å². The molecule has 0 aliphatic heterocycles. The van der Waals surface area contributed by atoms with Crippen LogP contribution in [0.1, 0.15) is 27.7 Å². The van der Waals surface area contributed by atoms with Crippen LogP contribution in [0.5, 0.6) is 0 Å². The lowest BCUT2D eigenvalue weighted by Crippen LogP contribution is -2.42. The zero-order valence-electron chi connectivity index (χ0n) is 12.9. The molecule has 0 spiro atoms. The van der Waals surface area contributed by atoms with Gasteiger partial charge in [0.2, 0.25) is 0 Å². The van der Waals surface area contributed by atoms with Gasteiger partial charge in [-0.3, -0.25) is 0 Å². The highest BCUT2D eigenvalue weighted by Crippen LogP contribution is 2.27. The molecule has 1 atom stereocenters. The van der Waals surface area contributed by atoms with Gasteiger partial charge in [-0.1, -0.05) is 27.7 Å². The smallest absolute Gasteiger partial charge is 0.175 e. The number of thioether (sulfide) groups is 1. The highest BCUT2D eigenvalue weighted by molar-refractivity contribution is 7.99. The minimum atomic E-state index is -3.10. The van der Waals surface area contributed by atoms with Gasteiger partial charge in [0.1, 0.15) is 0 Å². The molecule has 20 heavy (non-hydrogen) atoms. The van der Waals surface area contributed by atoms with Gasteiger partial charge in [-0.25, -0.2) is 8.42 Å². The van der Waals surface area contributed by atoms with E-state index in [0.29, 0.717) is 10.9 Å². The first-order valence-corrected chi connectivity index (χ1v) is 9.68. The van der Waals surface area contributed by atoms with Crippen molar-refractivity contribution in [3.63, 3.8) is 0 Å². The molecule has 1 aromatic rings. The van der Waals surface area contributed by atoms with Crippen LogP contribution in [-0.2, 0) is 9.84 Å². The summed E-state index contributed by atoms with van der Waals surface area (Å²) >= 11 is 1.76. The Bertz CT molecular complexity index is 516. The molecular formula is C15H25NO2S2. The summed E-state index contributed by atoms with van der Waals surface area (Å²) in [4.78, 5) is 1.48. The quantitative estimate of drug-likeness (QED) is 0.819. The van der Waals surface area contributed by atoms with Gasteiger partial charge in [0.05, 0.1) is 4.90 Å². The molecule has 3 nitrogen and oxygen atoms in total. The number of hydrogen-bond acceptors (Lipinski definition) is 4. The molecule has 1 unspecified atom stereocenters. The van der Waals surface area contributed by atoms with Crippen LogP contribution >= 0.6 is 11.8 Å². The van der Waals surface area contributed by atoms with Crippen LogP contribution in [0.2, 0.25) is 0 Å². The van der Waals surface area contributed by atoms with E-state index in [0.717, 1.165) is 17.2 Å². The minimum Gasteiger partial charge on any atom is -0.313 e. The molecule has 0 bridgehead atoms. The predicted molar refractivity (Wildman–Crippen MR) is 87.2 cm³/mol. The van der Waals surface area contributed by atoms with Crippen LogP contribution in [0, 0.1) is 5.41 Å². The fourth-order valence-corrected chi connectivity index (χ4v) is 3.76. The summed E-state index contributed by atoms with van der Waals surface area (Å²) in [5, 5.41) is 3.51. The molecule has 0 radical (unpaired) electrons. The van der Waals surface area contributed by atoms with E-state index >= 15 is 0 Å². The Morgan fingerprint density at radius 2 is 1.75 bits per heavy atom. The van der Waals surface area contributed by atoms with Gasteiger partial charge in [-0.15, -0.1) is 11.8 Å². The van der Waals surface area contributed by atoms with E-state index in [2.05, 4.69) is 33.0 Å². The van der Waals surface area contributed by atoms with Crippen molar-refractivity contribution in [2.24, 2.45) is 5.41 Å². The zero-order chi connectivity index (χ0) is 15.4. The van der Waals surface area contributed by atoms with Crippen molar-refractivity contribution in [2.75, 3.05) is 18.6 Å². The maximum atomic E-state index is 11.4. The Hall–Kier alpha value is -0.520. The second kappa shape index (κ2) is 6.96. The predicted octanol–water partition coefficient (Wildman–Crippen LogP) is 3.21. The number of sulfone groups is 1. The lowest BCUT2D eigenvalue weighted by molar-refractivity contribution is 0.295. The molecule has 5 heteroatoms. The van der Waals surface area contributed by atoms with Gasteiger partial charge in [0.15, 0.2) is 9.84 Å². The Morgan fingerprint density at radius 1 is 1.20 bits per heavy atom. The summed E-state index contributed by atoms with van der Waals surface area (Å²) in [5.41, 5.74) is 0.204. The number of benzene rings is 1. The van der Waals surface area contributed by atoms with Gasteiger partial charge >= 0.3 is 0 Å². The third-order valence-electron chi connectivity index (χ3n) is 3.16. The summed E-state index contributed by atoms with van der Waals surface area (Å²) in [7, 11) is -3.10. The average Bonchev–Trinajstić information content (AvgIpc) is 2.32. The van der Waals surface area contributed by atoms with Crippen LogP contribution in [0.3, 0.4) is 0 Å². The van der Waals surface area contributed by atoms with E-state index in [1.807, 2.05) is 12.1 Å². The summed E-state index contributed by atoms with van der Waals surface area (Å²) in [6, 6.07) is 7.54. The Kier molecular flexibility index (Phi) is 6.10. The monoisotopic (exact) mass is 315 g/mol. The molecule has 0 amide bonds. The molecule has 1 rings (SSSR count). The molecule has 0 saturated carbocycles. The standard InChI is InChI=1S/C15H25NO2S2/c1-6-16-14(15(2,3)4)11-19-12-7-9-13(10-8-12)20(5,17)18/h7-10,14,16H,6,11H2,1-5H3. The number of hydrogen-bond donors (Lipinski definition) is 1. The van der Waals surface area contributed by atoms with Crippen molar-refractivity contribution in [1.82, 2.24) is 5.32 Å². The van der Waals surface area contributed by atoms with Crippen molar-refractivity contribution in [1.29, 1.82) is 0 Å². The fraction of sp³-hybridized carbons (Fsp3) is 0.600. The summed E-state index contributed by atoms with van der Waals surface area (Å²) in [6.07, 6.45) is 1.23. The molecule has 0 aliphatic rings. The van der Waals surface area contributed by atoms with Crippen molar-refractivity contribution in [2.45, 2.75) is 43.5 Å². The third-order valence-corrected chi connectivity index (χ3v) is 5.40. The molecule has 0 aliphatic carbocycles. The highest BCUT2D eigenvalue weighted by Gasteiger charge is 2.23. The molecule has 114 valence electrons. The van der Waals surface area contributed by atoms with Crippen molar-refractivity contribution < 1.29 is 8.42 Å². The first kappa shape index (κ1) is 17.5. The van der Waals surface area contributed by atoms with E-state index in [4.69, 9.17) is 0 Å². The summed E-state index contributed by atoms with van der Waals surface area (Å²) in [5.74, 6) is 0.968. The summed E-state index contributed by atoms with van der Waals surface area (Å²) < 4.78 is 22.8. The maximum absolute atomic E-state index is 11.4. The Balaban J connectivity index is 2.69. The first-order chi connectivity index (χ1) is 9.14. The van der Waals surface area contributed by atoms with E-state index in [9.17, 15) is 8.42 Å². The maximum Gasteiger partial charge on any atom is 0.175 e. The first-order valence-electron chi connectivity index (χ1n) is 6.81. The molecule has 0 saturated heterocycles. The van der Waals surface area contributed by atoms with Crippen molar-refractivity contribution in [3.8, 4) is 0 Å². The molecule has 1 N–H and O–H groups in total. The molecular weight excluding hydrogens is 290 g/mol. The Labute approximate surface area is 127 Å². The summed E-state index contributed by atoms with van der Waals surface area (Å²) in [6.45, 7) is 9.76. The van der Waals surface area contributed by atoms with Crippen LogP contribution in [0.15, 0.2) is 34.1 Å². The SMILES string of the molecule is CCNC(CSc1ccc(S(C)(=O)=O)cc1)C(C)(C)C. The highest BCUT2D eigenvalue weighted by atomic mass is 32.2. The molecule has 1 aromatic carbocycles. The van der Waals surface area contributed by atoms with E-state index in [1.165, 1.54) is 6.26 Å². The average molecular weight is 316 g/mol. The fourth-order valence-electron chi connectivity index (χ4n) is 1.82. The Morgan fingerprint density at radius 3 is 2.15 bits per heavy atom. The largest absolute Gasteiger partial charge is 0.313 e. The molecule has 0 aromatic heterocycles. The van der Waals surface area contributed by atoms with Crippen molar-refractivity contribution >= 4 is 21.6 Å². The van der Waals surface area contributed by atoms with Gasteiger partial charge in [0, 0.05) is 22.9 Å². The number of nitrogens with one attached hydrogen (secondary N) is 1. The van der Waals surface area contributed by atoms with Gasteiger partial charge in [0.25, 0.3) is 0 Å². The van der Waals surface area contributed by atoms with Gasteiger partial charge in [-0.2, -0.15) is 0 Å². The van der Waals surface area contributed by atoms with Gasteiger partial charge in [-0.05, 0) is 36.2 Å². The normalized spacial score (nSPS) is 14.2. The second-order valence-electron chi connectivity index (χ2n) is 6.03. The minimum absolute atomic E-state index is 0.204.